The molecule has 4 nitrogen and oxygen atoms in total. The largest absolute Gasteiger partial charge is 0.356 e. The van der Waals surface area contributed by atoms with E-state index in [4.69, 9.17) is 11.6 Å². The molecule has 0 fully saturated rings. The molecule has 1 aromatic carbocycles. The number of guanidine groups is 1. The standard InChI is InChI=1S/C16H21ClN4S.HI/c1-12-10-20-15(22-12)8-9-19-16(18-2)21(3)11-13-6-4-5-7-14(13)17;/h4-7,10H,8-9,11H2,1-3H3,(H,18,19);1H. The Balaban J connectivity index is 0.00000264. The number of hydrogen-bond donors (Lipinski definition) is 1. The minimum atomic E-state index is 0. The Hall–Kier alpha value is -0.860. The summed E-state index contributed by atoms with van der Waals surface area (Å²) < 4.78 is 0. The molecule has 0 unspecified atom stereocenters. The zero-order valence-corrected chi connectivity index (χ0v) is 17.4. The first-order valence-electron chi connectivity index (χ1n) is 7.16. The summed E-state index contributed by atoms with van der Waals surface area (Å²) in [6.45, 7) is 3.60. The zero-order valence-electron chi connectivity index (χ0n) is 13.5. The number of aromatic nitrogens is 1. The Kier molecular flexibility index (Phi) is 8.86. The molecular weight excluding hydrogens is 443 g/mol. The zero-order chi connectivity index (χ0) is 15.9. The van der Waals surface area contributed by atoms with Crippen LogP contribution in [0.1, 0.15) is 15.4 Å². The molecule has 0 bridgehead atoms. The minimum absolute atomic E-state index is 0. The second kappa shape index (κ2) is 10.1. The first-order chi connectivity index (χ1) is 10.6. The number of thiazole rings is 1. The van der Waals surface area contributed by atoms with Crippen LogP contribution in [-0.2, 0) is 13.0 Å². The van der Waals surface area contributed by atoms with Crippen molar-refractivity contribution in [1.29, 1.82) is 0 Å². The lowest BCUT2D eigenvalue weighted by molar-refractivity contribution is 0.477. The van der Waals surface area contributed by atoms with Crippen molar-refractivity contribution in [3.05, 3.63) is 50.9 Å². The highest BCUT2D eigenvalue weighted by Gasteiger charge is 2.08. The van der Waals surface area contributed by atoms with E-state index in [1.54, 1.807) is 18.4 Å². The first kappa shape index (κ1) is 20.2. The van der Waals surface area contributed by atoms with E-state index in [9.17, 15) is 0 Å². The van der Waals surface area contributed by atoms with E-state index < -0.39 is 0 Å². The lowest BCUT2D eigenvalue weighted by atomic mass is 10.2. The van der Waals surface area contributed by atoms with Crippen molar-refractivity contribution in [2.45, 2.75) is 19.9 Å². The van der Waals surface area contributed by atoms with Crippen LogP contribution in [0.2, 0.25) is 5.02 Å². The summed E-state index contributed by atoms with van der Waals surface area (Å²) in [4.78, 5) is 12.0. The van der Waals surface area contributed by atoms with Gasteiger partial charge in [0.05, 0.1) is 5.01 Å². The molecule has 1 aromatic heterocycles. The lowest BCUT2D eigenvalue weighted by Crippen LogP contribution is -2.39. The van der Waals surface area contributed by atoms with Crippen LogP contribution in [0.4, 0.5) is 0 Å². The normalized spacial score (nSPS) is 11.0. The van der Waals surface area contributed by atoms with E-state index in [0.717, 1.165) is 41.1 Å². The molecule has 1 N–H and O–H groups in total. The molecule has 23 heavy (non-hydrogen) atoms. The number of nitrogens with one attached hydrogen (secondary N) is 1. The van der Waals surface area contributed by atoms with Gasteiger partial charge in [0.15, 0.2) is 5.96 Å². The topological polar surface area (TPSA) is 40.5 Å². The maximum atomic E-state index is 6.21. The predicted molar refractivity (Wildman–Crippen MR) is 110 cm³/mol. The van der Waals surface area contributed by atoms with E-state index in [-0.39, 0.29) is 24.0 Å². The molecule has 0 aliphatic carbocycles. The smallest absolute Gasteiger partial charge is 0.193 e. The van der Waals surface area contributed by atoms with Crippen LogP contribution in [0.25, 0.3) is 0 Å². The second-order valence-electron chi connectivity index (χ2n) is 5.04. The lowest BCUT2D eigenvalue weighted by Gasteiger charge is -2.22. The summed E-state index contributed by atoms with van der Waals surface area (Å²) >= 11 is 7.95. The molecule has 2 aromatic rings. The molecule has 126 valence electrons. The highest BCUT2D eigenvalue weighted by atomic mass is 127. The monoisotopic (exact) mass is 464 g/mol. The van der Waals surface area contributed by atoms with E-state index in [1.165, 1.54) is 4.88 Å². The van der Waals surface area contributed by atoms with Gasteiger partial charge in [-0.1, -0.05) is 29.8 Å². The van der Waals surface area contributed by atoms with Crippen LogP contribution in [0.15, 0.2) is 35.5 Å². The molecule has 7 heteroatoms. The number of nitrogens with zero attached hydrogens (tertiary/aromatic N) is 3. The molecule has 0 spiro atoms. The molecule has 0 saturated heterocycles. The van der Waals surface area contributed by atoms with Crippen molar-refractivity contribution < 1.29 is 0 Å². The molecule has 0 radical (unpaired) electrons. The quantitative estimate of drug-likeness (QED) is 0.413. The third-order valence-electron chi connectivity index (χ3n) is 3.23. The van der Waals surface area contributed by atoms with Gasteiger partial charge in [-0.3, -0.25) is 4.99 Å². The van der Waals surface area contributed by atoms with Crippen molar-refractivity contribution in [2.24, 2.45) is 4.99 Å². The van der Waals surface area contributed by atoms with Crippen molar-refractivity contribution in [1.82, 2.24) is 15.2 Å². The summed E-state index contributed by atoms with van der Waals surface area (Å²) in [5.74, 6) is 0.855. The van der Waals surface area contributed by atoms with Gasteiger partial charge in [-0.15, -0.1) is 35.3 Å². The highest BCUT2D eigenvalue weighted by molar-refractivity contribution is 14.0. The van der Waals surface area contributed by atoms with E-state index >= 15 is 0 Å². The van der Waals surface area contributed by atoms with Gasteiger partial charge in [0.1, 0.15) is 0 Å². The number of rotatable bonds is 5. The average molecular weight is 465 g/mol. The molecule has 0 saturated carbocycles. The maximum absolute atomic E-state index is 6.21. The Morgan fingerprint density at radius 1 is 1.39 bits per heavy atom. The second-order valence-corrected chi connectivity index (χ2v) is 6.76. The fourth-order valence-electron chi connectivity index (χ4n) is 2.14. The Morgan fingerprint density at radius 2 is 2.13 bits per heavy atom. The molecule has 0 aliphatic heterocycles. The fraction of sp³-hybridized carbons (Fsp3) is 0.375. The van der Waals surface area contributed by atoms with E-state index in [0.29, 0.717) is 0 Å². The van der Waals surface area contributed by atoms with Crippen LogP contribution < -0.4 is 5.32 Å². The van der Waals surface area contributed by atoms with Gasteiger partial charge in [0.2, 0.25) is 0 Å². The molecule has 1 heterocycles. The average Bonchev–Trinajstić information content (AvgIpc) is 2.91. The number of benzene rings is 1. The minimum Gasteiger partial charge on any atom is -0.356 e. The van der Waals surface area contributed by atoms with Gasteiger partial charge in [0.25, 0.3) is 0 Å². The van der Waals surface area contributed by atoms with Crippen LogP contribution in [0, 0.1) is 6.92 Å². The number of halogens is 2. The summed E-state index contributed by atoms with van der Waals surface area (Å²) in [5.41, 5.74) is 1.09. The summed E-state index contributed by atoms with van der Waals surface area (Å²) in [5, 5.41) is 5.29. The van der Waals surface area contributed by atoms with Gasteiger partial charge in [-0.2, -0.15) is 0 Å². The third-order valence-corrected chi connectivity index (χ3v) is 4.57. The van der Waals surface area contributed by atoms with Crippen molar-refractivity contribution >= 4 is 52.9 Å². The van der Waals surface area contributed by atoms with E-state index in [1.807, 2.05) is 37.5 Å². The molecule has 2 rings (SSSR count). The Labute approximate surface area is 164 Å². The SMILES string of the molecule is CN=C(NCCc1ncc(C)s1)N(C)Cc1ccccc1Cl.I. The van der Waals surface area contributed by atoms with Crippen molar-refractivity contribution in [3.63, 3.8) is 0 Å². The number of aliphatic imine (C=N–C) groups is 1. The van der Waals surface area contributed by atoms with Gasteiger partial charge in [-0.25, -0.2) is 4.98 Å². The van der Waals surface area contributed by atoms with Gasteiger partial charge in [0, 0.05) is 49.7 Å². The molecule has 0 atom stereocenters. The van der Waals surface area contributed by atoms with Crippen molar-refractivity contribution in [3.8, 4) is 0 Å². The Bertz CT molecular complexity index is 645. The van der Waals surface area contributed by atoms with Gasteiger partial charge in [-0.05, 0) is 18.6 Å². The predicted octanol–water partition coefficient (Wildman–Crippen LogP) is 3.97. The highest BCUT2D eigenvalue weighted by Crippen LogP contribution is 2.16. The van der Waals surface area contributed by atoms with E-state index in [2.05, 4.69) is 27.1 Å². The van der Waals surface area contributed by atoms with Crippen LogP contribution >= 0.6 is 46.9 Å². The van der Waals surface area contributed by atoms with Gasteiger partial charge < -0.3 is 10.2 Å². The van der Waals surface area contributed by atoms with Crippen LogP contribution in [-0.4, -0.2) is 36.5 Å². The van der Waals surface area contributed by atoms with Crippen LogP contribution in [0.5, 0.6) is 0 Å². The van der Waals surface area contributed by atoms with Crippen LogP contribution in [0.3, 0.4) is 0 Å². The first-order valence-corrected chi connectivity index (χ1v) is 8.36. The summed E-state index contributed by atoms with van der Waals surface area (Å²) in [6, 6.07) is 7.88. The molecule has 0 amide bonds. The Morgan fingerprint density at radius 3 is 2.74 bits per heavy atom. The maximum Gasteiger partial charge on any atom is 0.193 e. The number of aryl methyl sites for hydroxylation is 1. The number of hydrogen-bond acceptors (Lipinski definition) is 3. The van der Waals surface area contributed by atoms with Crippen molar-refractivity contribution in [2.75, 3.05) is 20.6 Å². The molecular formula is C16H22ClIN4S. The summed E-state index contributed by atoms with van der Waals surface area (Å²) in [7, 11) is 3.80. The van der Waals surface area contributed by atoms with Gasteiger partial charge >= 0.3 is 0 Å². The fourth-order valence-corrected chi connectivity index (χ4v) is 3.12. The third kappa shape index (κ3) is 6.27. The molecule has 0 aliphatic rings. The summed E-state index contributed by atoms with van der Waals surface area (Å²) in [6.07, 6.45) is 2.82.